The van der Waals surface area contributed by atoms with Crippen LogP contribution in [0.25, 0.3) is 0 Å². The lowest BCUT2D eigenvalue weighted by Gasteiger charge is -2.08. The monoisotopic (exact) mass is 333 g/mol. The number of aldehydes is 1. The second-order valence-corrected chi connectivity index (χ2v) is 3.45. The Hall–Kier alpha value is -1.06. The second kappa shape index (κ2) is 4.21. The Kier molecular flexibility index (Phi) is 3.37. The van der Waals surface area contributed by atoms with Gasteiger partial charge >= 0.3 is 6.36 Å². The van der Waals surface area contributed by atoms with E-state index in [1.807, 2.05) is 0 Å². The number of alkyl halides is 3. The molecule has 8 heteroatoms. The van der Waals surface area contributed by atoms with E-state index in [0.717, 1.165) is 0 Å². The molecule has 1 rings (SSSR count). The number of H-pyrrole nitrogens is 1. The van der Waals surface area contributed by atoms with Gasteiger partial charge in [-0.05, 0) is 22.6 Å². The van der Waals surface area contributed by atoms with Crippen molar-refractivity contribution in [3.05, 3.63) is 25.7 Å². The summed E-state index contributed by atoms with van der Waals surface area (Å²) in [5.74, 6) is -0.891. The molecule has 4 nitrogen and oxygen atoms in total. The number of pyridine rings is 1. The van der Waals surface area contributed by atoms with Crippen molar-refractivity contribution in [2.24, 2.45) is 0 Å². The summed E-state index contributed by atoms with van der Waals surface area (Å²) in [5.41, 5.74) is -1.07. The van der Waals surface area contributed by atoms with Crippen LogP contribution in [0, 0.1) is 3.57 Å². The SMILES string of the molecule is O=Cc1[nH]cc(OC(F)(F)F)c(=O)c1I. The number of nitrogens with one attached hydrogen (secondary N) is 1. The molecule has 1 aromatic rings. The Bertz CT molecular complexity index is 440. The molecule has 0 aliphatic carbocycles. The highest BCUT2D eigenvalue weighted by molar-refractivity contribution is 14.1. The first-order valence-electron chi connectivity index (χ1n) is 3.47. The van der Waals surface area contributed by atoms with Crippen molar-refractivity contribution in [3.63, 3.8) is 0 Å². The quantitative estimate of drug-likeness (QED) is 0.662. The lowest BCUT2D eigenvalue weighted by atomic mass is 10.3. The second-order valence-electron chi connectivity index (χ2n) is 2.38. The van der Waals surface area contributed by atoms with Crippen LogP contribution in [-0.4, -0.2) is 17.6 Å². The molecule has 0 aliphatic heterocycles. The summed E-state index contributed by atoms with van der Waals surface area (Å²) in [4.78, 5) is 23.8. The van der Waals surface area contributed by atoms with Crippen molar-refractivity contribution in [2.45, 2.75) is 6.36 Å². The fourth-order valence-corrected chi connectivity index (χ4v) is 1.34. The van der Waals surface area contributed by atoms with E-state index in [1.165, 1.54) is 22.6 Å². The number of ether oxygens (including phenoxy) is 1. The van der Waals surface area contributed by atoms with Gasteiger partial charge in [0.25, 0.3) is 0 Å². The van der Waals surface area contributed by atoms with E-state index in [2.05, 4.69) is 9.72 Å². The lowest BCUT2D eigenvalue weighted by molar-refractivity contribution is -0.275. The van der Waals surface area contributed by atoms with Crippen molar-refractivity contribution < 1.29 is 22.7 Å². The minimum absolute atomic E-state index is 0.0878. The van der Waals surface area contributed by atoms with Crippen LogP contribution < -0.4 is 10.2 Å². The first kappa shape index (κ1) is 12.0. The van der Waals surface area contributed by atoms with Gasteiger partial charge < -0.3 is 9.72 Å². The molecule has 0 radical (unpaired) electrons. The van der Waals surface area contributed by atoms with Crippen LogP contribution in [0.5, 0.6) is 5.75 Å². The maximum absolute atomic E-state index is 11.8. The molecule has 0 aromatic carbocycles. The highest BCUT2D eigenvalue weighted by Gasteiger charge is 2.32. The topological polar surface area (TPSA) is 59.2 Å². The normalized spacial score (nSPS) is 11.2. The third-order valence-electron chi connectivity index (χ3n) is 1.36. The van der Waals surface area contributed by atoms with Gasteiger partial charge in [-0.1, -0.05) is 0 Å². The number of hydrogen-bond donors (Lipinski definition) is 1. The first-order valence-corrected chi connectivity index (χ1v) is 4.55. The van der Waals surface area contributed by atoms with Gasteiger partial charge in [0.15, 0.2) is 12.0 Å². The van der Waals surface area contributed by atoms with E-state index < -0.39 is 17.5 Å². The highest BCUT2D eigenvalue weighted by atomic mass is 127. The zero-order valence-corrected chi connectivity index (χ0v) is 9.05. The number of halogens is 4. The van der Waals surface area contributed by atoms with Crippen molar-refractivity contribution in [2.75, 3.05) is 0 Å². The minimum atomic E-state index is -4.93. The first-order chi connectivity index (χ1) is 6.85. The third kappa shape index (κ3) is 2.94. The summed E-state index contributed by atoms with van der Waals surface area (Å²) in [7, 11) is 0. The number of rotatable bonds is 2. The van der Waals surface area contributed by atoms with Crippen LogP contribution in [0.2, 0.25) is 0 Å². The molecular weight excluding hydrogens is 330 g/mol. The smallest absolute Gasteiger partial charge is 0.400 e. The van der Waals surface area contributed by atoms with E-state index in [9.17, 15) is 22.8 Å². The summed E-state index contributed by atoms with van der Waals surface area (Å²) < 4.78 is 38.7. The molecule has 1 aromatic heterocycles. The summed E-state index contributed by atoms with van der Waals surface area (Å²) in [6.07, 6.45) is -3.90. The van der Waals surface area contributed by atoms with Gasteiger partial charge in [0.2, 0.25) is 5.43 Å². The van der Waals surface area contributed by atoms with Gasteiger partial charge in [-0.2, -0.15) is 0 Å². The van der Waals surface area contributed by atoms with Crippen LogP contribution in [0.1, 0.15) is 10.5 Å². The lowest BCUT2D eigenvalue weighted by Crippen LogP contribution is -2.23. The maximum atomic E-state index is 11.8. The van der Waals surface area contributed by atoms with Crippen LogP contribution in [-0.2, 0) is 0 Å². The zero-order chi connectivity index (χ0) is 11.6. The molecule has 0 aliphatic rings. The Labute approximate surface area is 94.6 Å². The van der Waals surface area contributed by atoms with Crippen molar-refractivity contribution in [3.8, 4) is 5.75 Å². The van der Waals surface area contributed by atoms with E-state index in [-0.39, 0.29) is 9.26 Å². The molecule has 0 fully saturated rings. The summed E-state index contributed by atoms with van der Waals surface area (Å²) in [6.45, 7) is 0. The molecule has 1 heterocycles. The minimum Gasteiger partial charge on any atom is -0.400 e. The van der Waals surface area contributed by atoms with E-state index in [1.54, 1.807) is 0 Å². The van der Waals surface area contributed by atoms with Crippen LogP contribution >= 0.6 is 22.6 Å². The fourth-order valence-electron chi connectivity index (χ4n) is 0.789. The number of carbonyl (C=O) groups excluding carboxylic acids is 1. The van der Waals surface area contributed by atoms with Crippen LogP contribution in [0.4, 0.5) is 13.2 Å². The highest BCUT2D eigenvalue weighted by Crippen LogP contribution is 2.20. The van der Waals surface area contributed by atoms with Gasteiger partial charge in [0, 0.05) is 6.20 Å². The fraction of sp³-hybridized carbons (Fsp3) is 0.143. The van der Waals surface area contributed by atoms with Crippen molar-refractivity contribution >= 4 is 28.9 Å². The maximum Gasteiger partial charge on any atom is 0.573 e. The number of aromatic amines is 1. The molecule has 0 bridgehead atoms. The Morgan fingerprint density at radius 3 is 2.53 bits per heavy atom. The zero-order valence-electron chi connectivity index (χ0n) is 6.89. The van der Waals surface area contributed by atoms with Crippen LogP contribution in [0.3, 0.4) is 0 Å². The standard InChI is InChI=1S/C7H3F3INO3/c8-7(9,10)15-4-1-12-3(2-13)5(11)6(4)14/h1-2H,(H,12,14). The summed E-state index contributed by atoms with van der Waals surface area (Å²) >= 11 is 1.46. The summed E-state index contributed by atoms with van der Waals surface area (Å²) in [5, 5.41) is 0. The Morgan fingerprint density at radius 1 is 1.47 bits per heavy atom. The molecule has 82 valence electrons. The van der Waals surface area contributed by atoms with Gasteiger partial charge in [0.05, 0.1) is 9.26 Å². The van der Waals surface area contributed by atoms with Gasteiger partial charge in [-0.25, -0.2) is 0 Å². The van der Waals surface area contributed by atoms with Gasteiger partial charge in [-0.3, -0.25) is 9.59 Å². The predicted molar refractivity (Wildman–Crippen MR) is 51.9 cm³/mol. The molecule has 0 amide bonds. The molecule has 0 spiro atoms. The molecule has 0 saturated carbocycles. The molecule has 0 unspecified atom stereocenters. The molecule has 0 atom stereocenters. The number of aromatic nitrogens is 1. The van der Waals surface area contributed by atoms with Crippen LogP contribution in [0.15, 0.2) is 11.0 Å². The number of hydrogen-bond acceptors (Lipinski definition) is 3. The summed E-state index contributed by atoms with van der Waals surface area (Å²) in [6, 6.07) is 0. The average molecular weight is 333 g/mol. The van der Waals surface area contributed by atoms with Gasteiger partial charge in [-0.15, -0.1) is 13.2 Å². The Morgan fingerprint density at radius 2 is 2.07 bits per heavy atom. The molecule has 0 saturated heterocycles. The van der Waals surface area contributed by atoms with E-state index in [0.29, 0.717) is 12.5 Å². The molecular formula is C7H3F3INO3. The third-order valence-corrected chi connectivity index (χ3v) is 2.43. The largest absolute Gasteiger partial charge is 0.573 e. The van der Waals surface area contributed by atoms with Gasteiger partial charge in [0.1, 0.15) is 0 Å². The van der Waals surface area contributed by atoms with Crippen molar-refractivity contribution in [1.29, 1.82) is 0 Å². The molecule has 1 N–H and O–H groups in total. The Balaban J connectivity index is 3.19. The predicted octanol–water partition coefficient (Wildman–Crippen LogP) is 1.69. The average Bonchev–Trinajstić information content (AvgIpc) is 2.11. The number of carbonyl (C=O) groups is 1. The molecule has 15 heavy (non-hydrogen) atoms. The van der Waals surface area contributed by atoms with Crippen molar-refractivity contribution in [1.82, 2.24) is 4.98 Å². The van der Waals surface area contributed by atoms with E-state index in [4.69, 9.17) is 0 Å². The van der Waals surface area contributed by atoms with E-state index >= 15 is 0 Å².